The number of nitrogen functional groups attached to an aromatic ring is 1. The summed E-state index contributed by atoms with van der Waals surface area (Å²) in [4.78, 5) is 0. The lowest BCUT2D eigenvalue weighted by Gasteiger charge is -2.27. The fraction of sp³-hybridized carbons (Fsp3) is 0.357. The van der Waals surface area contributed by atoms with Crippen LogP contribution in [0.15, 0.2) is 24.4 Å². The van der Waals surface area contributed by atoms with Gasteiger partial charge in [0.05, 0.1) is 19.3 Å². The van der Waals surface area contributed by atoms with E-state index in [1.54, 1.807) is 13.3 Å². The minimum atomic E-state index is 0.145. The first-order valence-corrected chi connectivity index (χ1v) is 6.74. The zero-order valence-corrected chi connectivity index (χ0v) is 11.5. The van der Waals surface area contributed by atoms with Crippen molar-refractivity contribution in [2.75, 3.05) is 12.8 Å². The van der Waals surface area contributed by atoms with Crippen LogP contribution in [0.3, 0.4) is 0 Å². The van der Waals surface area contributed by atoms with Crippen LogP contribution < -0.4 is 10.5 Å². The summed E-state index contributed by atoms with van der Waals surface area (Å²) in [5.74, 6) is 1.39. The van der Waals surface area contributed by atoms with Gasteiger partial charge < -0.3 is 10.5 Å². The van der Waals surface area contributed by atoms with Crippen LogP contribution in [0.2, 0.25) is 5.02 Å². The Morgan fingerprint density at radius 2 is 2.32 bits per heavy atom. The molecule has 0 aliphatic heterocycles. The van der Waals surface area contributed by atoms with E-state index in [0.29, 0.717) is 10.8 Å². The topological polar surface area (TPSA) is 53.1 Å². The summed E-state index contributed by atoms with van der Waals surface area (Å²) >= 11 is 6.00. The molecule has 1 aliphatic rings. The molecule has 0 amide bonds. The monoisotopic (exact) mass is 277 g/mol. The number of benzene rings is 1. The number of hydrogen-bond donors (Lipinski definition) is 1. The molecule has 19 heavy (non-hydrogen) atoms. The summed E-state index contributed by atoms with van der Waals surface area (Å²) in [6.45, 7) is 0. The summed E-state index contributed by atoms with van der Waals surface area (Å²) in [6, 6.07) is 6.35. The van der Waals surface area contributed by atoms with Gasteiger partial charge in [-0.2, -0.15) is 5.10 Å². The molecule has 0 saturated carbocycles. The van der Waals surface area contributed by atoms with Gasteiger partial charge in [-0.25, -0.2) is 4.68 Å². The fourth-order valence-electron chi connectivity index (χ4n) is 2.73. The van der Waals surface area contributed by atoms with Crippen LogP contribution in [0.4, 0.5) is 5.82 Å². The molecule has 2 N–H and O–H groups in total. The van der Waals surface area contributed by atoms with E-state index in [1.165, 1.54) is 11.1 Å². The maximum absolute atomic E-state index is 6.00. The predicted molar refractivity (Wildman–Crippen MR) is 75.7 cm³/mol. The van der Waals surface area contributed by atoms with Gasteiger partial charge in [0.2, 0.25) is 0 Å². The van der Waals surface area contributed by atoms with Crippen molar-refractivity contribution in [3.8, 4) is 5.75 Å². The van der Waals surface area contributed by atoms with Gasteiger partial charge in [-0.1, -0.05) is 17.7 Å². The van der Waals surface area contributed by atoms with Crippen molar-refractivity contribution in [2.45, 2.75) is 25.3 Å². The molecular formula is C14H16ClN3O. The smallest absolute Gasteiger partial charge is 0.141 e. The number of nitrogens with zero attached hydrogens (tertiary/aromatic N) is 2. The molecule has 100 valence electrons. The number of rotatable bonds is 2. The Morgan fingerprint density at radius 3 is 3.00 bits per heavy atom. The number of fused-ring (bicyclic) bond motifs is 1. The van der Waals surface area contributed by atoms with Crippen molar-refractivity contribution in [3.05, 3.63) is 40.5 Å². The number of nitrogens with two attached hydrogens (primary N) is 1. The molecule has 1 unspecified atom stereocenters. The van der Waals surface area contributed by atoms with E-state index in [4.69, 9.17) is 22.1 Å². The first-order valence-electron chi connectivity index (χ1n) is 6.36. The molecular weight excluding hydrogens is 262 g/mol. The highest BCUT2D eigenvalue weighted by Crippen LogP contribution is 2.37. The van der Waals surface area contributed by atoms with Crippen LogP contribution in [0.25, 0.3) is 0 Å². The summed E-state index contributed by atoms with van der Waals surface area (Å²) in [7, 11) is 1.68. The lowest BCUT2D eigenvalue weighted by Crippen LogP contribution is -2.19. The van der Waals surface area contributed by atoms with Gasteiger partial charge in [0.25, 0.3) is 0 Å². The Balaban J connectivity index is 2.08. The predicted octanol–water partition coefficient (Wildman–Crippen LogP) is 3.05. The van der Waals surface area contributed by atoms with E-state index in [9.17, 15) is 0 Å². The van der Waals surface area contributed by atoms with Crippen LogP contribution in [0.5, 0.6) is 5.75 Å². The summed E-state index contributed by atoms with van der Waals surface area (Å²) in [6.07, 6.45) is 4.83. The zero-order chi connectivity index (χ0) is 13.4. The third-order valence-corrected chi connectivity index (χ3v) is 4.01. The molecule has 3 rings (SSSR count). The Labute approximate surface area is 117 Å². The standard InChI is InChI=1S/C14H16ClN3O/c1-19-10-6-5-9-3-2-4-13(11(9)7-10)18-14(16)12(15)8-17-18/h5-8,13H,2-4,16H2,1H3. The van der Waals surface area contributed by atoms with Gasteiger partial charge in [-0.15, -0.1) is 0 Å². The first-order chi connectivity index (χ1) is 9.20. The molecule has 4 nitrogen and oxygen atoms in total. The highest BCUT2D eigenvalue weighted by molar-refractivity contribution is 6.32. The van der Waals surface area contributed by atoms with Gasteiger partial charge in [0, 0.05) is 0 Å². The minimum absolute atomic E-state index is 0.145. The lowest BCUT2D eigenvalue weighted by molar-refractivity contribution is 0.408. The van der Waals surface area contributed by atoms with Gasteiger partial charge in [0.15, 0.2) is 0 Å². The normalized spacial score (nSPS) is 18.1. The van der Waals surface area contributed by atoms with Crippen LogP contribution in [-0.4, -0.2) is 16.9 Å². The molecule has 1 aliphatic carbocycles. The molecule has 1 aromatic heterocycles. The SMILES string of the molecule is COc1ccc2c(c1)C(n1ncc(Cl)c1N)CCC2. The molecule has 1 aromatic carbocycles. The van der Waals surface area contributed by atoms with Crippen molar-refractivity contribution in [1.29, 1.82) is 0 Å². The number of aromatic nitrogens is 2. The van der Waals surface area contributed by atoms with E-state index in [2.05, 4.69) is 17.2 Å². The molecule has 0 fully saturated rings. The molecule has 5 heteroatoms. The van der Waals surface area contributed by atoms with Gasteiger partial charge in [0.1, 0.15) is 16.6 Å². The third-order valence-electron chi connectivity index (χ3n) is 3.72. The van der Waals surface area contributed by atoms with Crippen molar-refractivity contribution >= 4 is 17.4 Å². The Bertz CT molecular complexity index is 609. The molecule has 0 radical (unpaired) electrons. The first kappa shape index (κ1) is 12.4. The fourth-order valence-corrected chi connectivity index (χ4v) is 2.86. The maximum Gasteiger partial charge on any atom is 0.141 e. The zero-order valence-electron chi connectivity index (χ0n) is 10.8. The molecule has 0 spiro atoms. The number of ether oxygens (including phenoxy) is 1. The maximum atomic E-state index is 6.00. The molecule has 0 saturated heterocycles. The van der Waals surface area contributed by atoms with Crippen LogP contribution in [-0.2, 0) is 6.42 Å². The summed E-state index contributed by atoms with van der Waals surface area (Å²) < 4.78 is 7.13. The number of halogens is 1. The second-order valence-electron chi connectivity index (χ2n) is 4.80. The number of hydrogen-bond acceptors (Lipinski definition) is 3. The third kappa shape index (κ3) is 2.06. The van der Waals surface area contributed by atoms with Crippen molar-refractivity contribution in [2.24, 2.45) is 0 Å². The number of methoxy groups -OCH3 is 1. The lowest BCUT2D eigenvalue weighted by atomic mass is 9.87. The van der Waals surface area contributed by atoms with Crippen LogP contribution in [0, 0.1) is 0 Å². The van der Waals surface area contributed by atoms with E-state index in [0.717, 1.165) is 25.0 Å². The van der Waals surface area contributed by atoms with Gasteiger partial charge in [-0.3, -0.25) is 0 Å². The Morgan fingerprint density at radius 1 is 1.47 bits per heavy atom. The van der Waals surface area contributed by atoms with Gasteiger partial charge >= 0.3 is 0 Å². The molecule has 0 bridgehead atoms. The van der Waals surface area contributed by atoms with Crippen molar-refractivity contribution < 1.29 is 4.74 Å². The van der Waals surface area contributed by atoms with Crippen LogP contribution >= 0.6 is 11.6 Å². The average molecular weight is 278 g/mol. The summed E-state index contributed by atoms with van der Waals surface area (Å²) in [5.41, 5.74) is 8.57. The largest absolute Gasteiger partial charge is 0.497 e. The number of aryl methyl sites for hydroxylation is 1. The Hall–Kier alpha value is -1.68. The molecule has 2 aromatic rings. The summed E-state index contributed by atoms with van der Waals surface area (Å²) in [5, 5.41) is 4.82. The minimum Gasteiger partial charge on any atom is -0.497 e. The van der Waals surface area contributed by atoms with Crippen molar-refractivity contribution in [1.82, 2.24) is 9.78 Å². The molecule has 1 heterocycles. The van der Waals surface area contributed by atoms with E-state index in [-0.39, 0.29) is 6.04 Å². The average Bonchev–Trinajstić information content (AvgIpc) is 2.78. The second-order valence-corrected chi connectivity index (χ2v) is 5.20. The highest BCUT2D eigenvalue weighted by Gasteiger charge is 2.25. The second kappa shape index (κ2) is 4.78. The number of anilines is 1. The highest BCUT2D eigenvalue weighted by atomic mass is 35.5. The quantitative estimate of drug-likeness (QED) is 0.918. The molecule has 1 atom stereocenters. The van der Waals surface area contributed by atoms with E-state index < -0.39 is 0 Å². The Kier molecular flexibility index (Phi) is 3.11. The van der Waals surface area contributed by atoms with E-state index in [1.807, 2.05) is 10.7 Å². The van der Waals surface area contributed by atoms with E-state index >= 15 is 0 Å². The van der Waals surface area contributed by atoms with Crippen molar-refractivity contribution in [3.63, 3.8) is 0 Å². The van der Waals surface area contributed by atoms with Gasteiger partial charge in [-0.05, 0) is 42.5 Å². The van der Waals surface area contributed by atoms with Crippen LogP contribution in [0.1, 0.15) is 30.0 Å².